The summed E-state index contributed by atoms with van der Waals surface area (Å²) >= 11 is 5.07. The third kappa shape index (κ3) is 7.69. The molecular weight excluding hydrogens is 460 g/mol. The Morgan fingerprint density at radius 1 is 1.21 bits per heavy atom. The van der Waals surface area contributed by atoms with Crippen molar-refractivity contribution < 1.29 is 4.21 Å². The second-order valence-corrected chi connectivity index (χ2v) is 10.2. The minimum atomic E-state index is -1.13. The number of nitrogens with one attached hydrogen (secondary N) is 1. The van der Waals surface area contributed by atoms with Gasteiger partial charge in [0.25, 0.3) is 0 Å². The van der Waals surface area contributed by atoms with Crippen LogP contribution in [0.3, 0.4) is 0 Å². The Kier molecular flexibility index (Phi) is 11.8. The maximum Gasteiger partial charge on any atom is 0.117 e. The Hall–Kier alpha value is -2.14. The van der Waals surface area contributed by atoms with E-state index in [2.05, 4.69) is 86.0 Å². The van der Waals surface area contributed by atoms with Crippen LogP contribution in [-0.2, 0) is 22.9 Å². The first kappa shape index (κ1) is 28.1. The number of anilines is 1. The number of rotatable bonds is 11. The summed E-state index contributed by atoms with van der Waals surface area (Å²) in [6.07, 6.45) is 8.18. The maximum absolute atomic E-state index is 11.9. The van der Waals surface area contributed by atoms with Crippen LogP contribution >= 0.6 is 11.6 Å². The van der Waals surface area contributed by atoms with E-state index in [4.69, 9.17) is 11.6 Å². The Bertz CT molecular complexity index is 1000. The lowest BCUT2D eigenvalue weighted by atomic mass is 9.76. The van der Waals surface area contributed by atoms with E-state index >= 15 is 0 Å². The van der Waals surface area contributed by atoms with E-state index in [1.54, 1.807) is 23.6 Å². The number of para-hydroxylation sites is 1. The molecule has 0 aromatic heterocycles. The zero-order chi connectivity index (χ0) is 25.0. The fourth-order valence-electron chi connectivity index (χ4n) is 4.57. The zero-order valence-electron chi connectivity index (χ0n) is 20.9. The van der Waals surface area contributed by atoms with Gasteiger partial charge in [0, 0.05) is 42.0 Å². The first-order chi connectivity index (χ1) is 16.4. The van der Waals surface area contributed by atoms with Crippen LogP contribution in [0, 0.1) is 13.8 Å². The third-order valence-electron chi connectivity index (χ3n) is 6.37. The number of hydrogen-bond acceptors (Lipinski definition) is 2. The van der Waals surface area contributed by atoms with Crippen molar-refractivity contribution in [3.63, 3.8) is 0 Å². The van der Waals surface area contributed by atoms with E-state index in [-0.39, 0.29) is 5.41 Å². The summed E-state index contributed by atoms with van der Waals surface area (Å²) in [5.41, 5.74) is 7.05. The monoisotopic (exact) mass is 498 g/mol. The van der Waals surface area contributed by atoms with E-state index in [1.807, 2.05) is 0 Å². The number of hydrogen-bond donors (Lipinski definition) is 1. The molecule has 1 heterocycles. The van der Waals surface area contributed by atoms with E-state index in [1.165, 1.54) is 27.9 Å². The number of aryl methyl sites for hydroxylation is 2. The molecule has 2 aromatic carbocycles. The highest BCUT2D eigenvalue weighted by Crippen LogP contribution is 2.46. The van der Waals surface area contributed by atoms with Gasteiger partial charge in [-0.1, -0.05) is 73.7 Å². The van der Waals surface area contributed by atoms with Gasteiger partial charge in [-0.15, -0.1) is 18.2 Å². The van der Waals surface area contributed by atoms with Crippen molar-refractivity contribution in [3.8, 4) is 0 Å². The molecule has 1 aliphatic heterocycles. The topological polar surface area (TPSA) is 32.3 Å². The van der Waals surface area contributed by atoms with Gasteiger partial charge >= 0.3 is 0 Å². The summed E-state index contributed by atoms with van der Waals surface area (Å²) in [5.74, 6) is 0.556. The van der Waals surface area contributed by atoms with E-state index in [0.29, 0.717) is 5.88 Å². The van der Waals surface area contributed by atoms with Gasteiger partial charge in [0.1, 0.15) is 11.0 Å². The molecule has 3 nitrogen and oxygen atoms in total. The Labute approximate surface area is 214 Å². The SMILES string of the molecule is C=C/C=C/S(=O)NCCCC1(CC)CN(Cc2ccc(C)cc2C)c2ccccc21.C=CCCl. The molecule has 34 heavy (non-hydrogen) atoms. The molecular formula is C29H39ClN2OS. The highest BCUT2D eigenvalue weighted by Gasteiger charge is 2.40. The van der Waals surface area contributed by atoms with Crippen molar-refractivity contribution in [2.24, 2.45) is 0 Å². The van der Waals surface area contributed by atoms with Crippen molar-refractivity contribution in [3.05, 3.63) is 102 Å². The van der Waals surface area contributed by atoms with E-state index in [0.717, 1.165) is 38.9 Å². The molecule has 184 valence electrons. The molecule has 0 saturated heterocycles. The molecule has 3 rings (SSSR count). The van der Waals surface area contributed by atoms with Gasteiger partial charge in [-0.05, 0) is 55.9 Å². The van der Waals surface area contributed by atoms with Crippen LogP contribution in [-0.4, -0.2) is 23.2 Å². The van der Waals surface area contributed by atoms with Crippen molar-refractivity contribution in [1.29, 1.82) is 0 Å². The molecule has 2 atom stereocenters. The Balaban J connectivity index is 0.000000945. The van der Waals surface area contributed by atoms with Crippen LogP contribution in [0.5, 0.6) is 0 Å². The molecule has 0 fully saturated rings. The molecule has 2 aromatic rings. The maximum atomic E-state index is 11.9. The molecule has 0 spiro atoms. The summed E-state index contributed by atoms with van der Waals surface area (Å²) in [6.45, 7) is 16.4. The number of allylic oxidation sites excluding steroid dienone is 3. The van der Waals surface area contributed by atoms with Crippen molar-refractivity contribution >= 4 is 28.3 Å². The lowest BCUT2D eigenvalue weighted by Gasteiger charge is -2.30. The van der Waals surface area contributed by atoms with Gasteiger partial charge in [0.2, 0.25) is 0 Å². The molecule has 0 aliphatic carbocycles. The predicted molar refractivity (Wildman–Crippen MR) is 151 cm³/mol. The molecule has 1 N–H and O–H groups in total. The molecule has 0 bridgehead atoms. The normalized spacial score (nSPS) is 17.7. The molecule has 2 unspecified atom stereocenters. The summed E-state index contributed by atoms with van der Waals surface area (Å²) in [5, 5.41) is 1.64. The van der Waals surface area contributed by atoms with Crippen molar-refractivity contribution in [1.82, 2.24) is 4.72 Å². The molecule has 0 amide bonds. The van der Waals surface area contributed by atoms with Crippen LogP contribution in [0.25, 0.3) is 0 Å². The molecule has 0 saturated carbocycles. The molecule has 1 aliphatic rings. The quantitative estimate of drug-likeness (QED) is 0.155. The Morgan fingerprint density at radius 2 is 1.94 bits per heavy atom. The highest BCUT2D eigenvalue weighted by molar-refractivity contribution is 7.86. The van der Waals surface area contributed by atoms with Gasteiger partial charge in [-0.25, -0.2) is 8.93 Å². The van der Waals surface area contributed by atoms with Crippen LogP contribution in [0.4, 0.5) is 5.69 Å². The standard InChI is InChI=1S/C26H34N2OS.C3H5Cl/c1-5-7-17-30(29)27-16-10-15-26(6-2)20-28(25-12-9-8-11-24(25)26)19-23-14-13-21(3)18-22(23)4;1-2-3-4/h5,7-9,11-14,17-18,27H,1,6,10,15-16,19-20H2,2-4H3;2H,1,3H2/b17-7+;. The van der Waals surface area contributed by atoms with E-state index in [9.17, 15) is 4.21 Å². The third-order valence-corrected chi connectivity index (χ3v) is 7.48. The van der Waals surface area contributed by atoms with Gasteiger partial charge in [-0.2, -0.15) is 0 Å². The first-order valence-electron chi connectivity index (χ1n) is 11.9. The fourth-order valence-corrected chi connectivity index (χ4v) is 5.27. The predicted octanol–water partition coefficient (Wildman–Crippen LogP) is 7.12. The average molecular weight is 499 g/mol. The number of nitrogens with zero attached hydrogens (tertiary/aromatic N) is 1. The largest absolute Gasteiger partial charge is 0.366 e. The number of alkyl halides is 1. The average Bonchev–Trinajstić information content (AvgIpc) is 3.16. The van der Waals surface area contributed by atoms with Crippen LogP contribution < -0.4 is 9.62 Å². The van der Waals surface area contributed by atoms with Crippen LogP contribution in [0.2, 0.25) is 0 Å². The summed E-state index contributed by atoms with van der Waals surface area (Å²) < 4.78 is 15.0. The second kappa shape index (κ2) is 14.3. The second-order valence-electron chi connectivity index (χ2n) is 8.74. The van der Waals surface area contributed by atoms with Crippen molar-refractivity contribution in [2.45, 2.75) is 52.0 Å². The zero-order valence-corrected chi connectivity index (χ0v) is 22.4. The number of halogens is 1. The minimum absolute atomic E-state index is 0.148. The van der Waals surface area contributed by atoms with Crippen LogP contribution in [0.15, 0.2) is 79.3 Å². The Morgan fingerprint density at radius 3 is 2.59 bits per heavy atom. The number of benzene rings is 2. The van der Waals surface area contributed by atoms with Crippen molar-refractivity contribution in [2.75, 3.05) is 23.9 Å². The van der Waals surface area contributed by atoms with Crippen LogP contribution in [0.1, 0.15) is 48.4 Å². The highest BCUT2D eigenvalue weighted by atomic mass is 35.5. The lowest BCUT2D eigenvalue weighted by Crippen LogP contribution is -2.34. The van der Waals surface area contributed by atoms with Gasteiger partial charge in [-0.3, -0.25) is 0 Å². The summed E-state index contributed by atoms with van der Waals surface area (Å²) in [6, 6.07) is 15.6. The fraction of sp³-hybridized carbons (Fsp3) is 0.379. The number of fused-ring (bicyclic) bond motifs is 1. The molecule has 5 heteroatoms. The summed E-state index contributed by atoms with van der Waals surface area (Å²) in [7, 11) is -1.13. The van der Waals surface area contributed by atoms with Gasteiger partial charge in [0.15, 0.2) is 0 Å². The van der Waals surface area contributed by atoms with Gasteiger partial charge < -0.3 is 4.90 Å². The van der Waals surface area contributed by atoms with E-state index < -0.39 is 11.0 Å². The first-order valence-corrected chi connectivity index (χ1v) is 13.7. The minimum Gasteiger partial charge on any atom is -0.366 e. The van der Waals surface area contributed by atoms with Gasteiger partial charge in [0.05, 0.1) is 0 Å². The smallest absolute Gasteiger partial charge is 0.117 e. The molecule has 0 radical (unpaired) electrons. The lowest BCUT2D eigenvalue weighted by molar-refractivity contribution is 0.390. The summed E-state index contributed by atoms with van der Waals surface area (Å²) in [4.78, 5) is 2.55.